The lowest BCUT2D eigenvalue weighted by molar-refractivity contribution is 0.502. The van der Waals surface area contributed by atoms with Gasteiger partial charge in [-0.3, -0.25) is 0 Å². The number of nitrogens with zero attached hydrogens (tertiary/aromatic N) is 1. The van der Waals surface area contributed by atoms with Gasteiger partial charge in [-0.25, -0.2) is 0 Å². The van der Waals surface area contributed by atoms with E-state index < -0.39 is 0 Å². The lowest BCUT2D eigenvalue weighted by atomic mass is 10.1. The standard InChI is InChI=1S/C16H17NS/c1-17(13-15-10-6-3-7-11-15)16(18)12-14-8-4-2-5-9-14/h2-11H,12-13H2,1H3. The predicted molar refractivity (Wildman–Crippen MR) is 80.7 cm³/mol. The topological polar surface area (TPSA) is 3.24 Å². The highest BCUT2D eigenvalue weighted by Gasteiger charge is 2.05. The van der Waals surface area contributed by atoms with E-state index in [0.29, 0.717) is 0 Å². The van der Waals surface area contributed by atoms with Gasteiger partial charge in [-0.05, 0) is 11.1 Å². The van der Waals surface area contributed by atoms with Crippen LogP contribution in [-0.2, 0) is 13.0 Å². The molecule has 0 amide bonds. The fourth-order valence-corrected chi connectivity index (χ4v) is 2.08. The molecule has 2 rings (SSSR count). The van der Waals surface area contributed by atoms with E-state index in [2.05, 4.69) is 60.5 Å². The molecule has 1 nitrogen and oxygen atoms in total. The molecule has 0 aliphatic carbocycles. The molecule has 2 aromatic carbocycles. The first-order chi connectivity index (χ1) is 8.75. The van der Waals surface area contributed by atoms with Crippen LogP contribution in [0, 0.1) is 0 Å². The lowest BCUT2D eigenvalue weighted by Crippen LogP contribution is -2.26. The number of likely N-dealkylation sites (N-methyl/N-ethyl adjacent to an activating group) is 1. The largest absolute Gasteiger partial charge is 0.365 e. The smallest absolute Gasteiger partial charge is 0.0824 e. The molecule has 0 saturated heterocycles. The zero-order valence-electron chi connectivity index (χ0n) is 10.5. The van der Waals surface area contributed by atoms with E-state index in [1.165, 1.54) is 11.1 Å². The maximum absolute atomic E-state index is 5.48. The summed E-state index contributed by atoms with van der Waals surface area (Å²) in [5.41, 5.74) is 2.55. The van der Waals surface area contributed by atoms with Crippen LogP contribution < -0.4 is 0 Å². The lowest BCUT2D eigenvalue weighted by Gasteiger charge is -2.20. The van der Waals surface area contributed by atoms with E-state index in [4.69, 9.17) is 12.2 Å². The average Bonchev–Trinajstić information content (AvgIpc) is 2.41. The Labute approximate surface area is 114 Å². The van der Waals surface area contributed by atoms with E-state index in [1.807, 2.05) is 12.1 Å². The van der Waals surface area contributed by atoms with Crippen LogP contribution in [0.3, 0.4) is 0 Å². The average molecular weight is 255 g/mol. The molecular formula is C16H17NS. The van der Waals surface area contributed by atoms with E-state index in [-0.39, 0.29) is 0 Å². The van der Waals surface area contributed by atoms with Crippen molar-refractivity contribution < 1.29 is 0 Å². The summed E-state index contributed by atoms with van der Waals surface area (Å²) in [6.45, 7) is 0.868. The summed E-state index contributed by atoms with van der Waals surface area (Å²) in [5, 5.41) is 0. The summed E-state index contributed by atoms with van der Waals surface area (Å²) in [6, 6.07) is 20.8. The van der Waals surface area contributed by atoms with Crippen molar-refractivity contribution >= 4 is 17.2 Å². The van der Waals surface area contributed by atoms with Gasteiger partial charge in [0.25, 0.3) is 0 Å². The maximum atomic E-state index is 5.48. The second-order valence-corrected chi connectivity index (χ2v) is 4.87. The molecule has 0 heterocycles. The molecule has 18 heavy (non-hydrogen) atoms. The normalized spacial score (nSPS) is 10.1. The van der Waals surface area contributed by atoms with E-state index in [9.17, 15) is 0 Å². The van der Waals surface area contributed by atoms with Gasteiger partial charge in [0.1, 0.15) is 0 Å². The van der Waals surface area contributed by atoms with Gasteiger partial charge in [0.05, 0.1) is 4.99 Å². The van der Waals surface area contributed by atoms with Crippen molar-refractivity contribution in [2.24, 2.45) is 0 Å². The Bertz CT molecular complexity index is 493. The van der Waals surface area contributed by atoms with Crippen LogP contribution in [0.15, 0.2) is 60.7 Å². The first kappa shape index (κ1) is 12.8. The molecule has 0 saturated carbocycles. The molecule has 92 valence electrons. The van der Waals surface area contributed by atoms with Crippen molar-refractivity contribution in [3.05, 3.63) is 71.8 Å². The first-order valence-corrected chi connectivity index (χ1v) is 6.48. The highest BCUT2D eigenvalue weighted by Crippen LogP contribution is 2.07. The number of thiocarbonyl (C=S) groups is 1. The van der Waals surface area contributed by atoms with Gasteiger partial charge >= 0.3 is 0 Å². The fourth-order valence-electron chi connectivity index (χ4n) is 1.85. The third kappa shape index (κ3) is 3.67. The summed E-state index contributed by atoms with van der Waals surface area (Å²) >= 11 is 5.48. The van der Waals surface area contributed by atoms with E-state index in [0.717, 1.165) is 18.0 Å². The Morgan fingerprint density at radius 3 is 1.94 bits per heavy atom. The molecule has 0 unspecified atom stereocenters. The molecule has 0 fully saturated rings. The van der Waals surface area contributed by atoms with Gasteiger partial charge in [-0.15, -0.1) is 0 Å². The summed E-state index contributed by atoms with van der Waals surface area (Å²) in [6.07, 6.45) is 0.833. The predicted octanol–water partition coefficient (Wildman–Crippen LogP) is 3.69. The number of benzene rings is 2. The van der Waals surface area contributed by atoms with Crippen molar-refractivity contribution in [1.82, 2.24) is 4.90 Å². The Kier molecular flexibility index (Phi) is 4.48. The monoisotopic (exact) mass is 255 g/mol. The molecule has 0 N–H and O–H groups in total. The molecule has 2 aromatic rings. The SMILES string of the molecule is CN(Cc1ccccc1)C(=S)Cc1ccccc1. The van der Waals surface area contributed by atoms with Crippen LogP contribution in [0.1, 0.15) is 11.1 Å². The second-order valence-electron chi connectivity index (χ2n) is 4.40. The van der Waals surface area contributed by atoms with Crippen LogP contribution in [-0.4, -0.2) is 16.9 Å². The minimum Gasteiger partial charge on any atom is -0.365 e. The Morgan fingerprint density at radius 2 is 1.39 bits per heavy atom. The van der Waals surface area contributed by atoms with Crippen LogP contribution >= 0.6 is 12.2 Å². The Morgan fingerprint density at radius 1 is 0.889 bits per heavy atom. The summed E-state index contributed by atoms with van der Waals surface area (Å²) in [5.74, 6) is 0. The van der Waals surface area contributed by atoms with Crippen molar-refractivity contribution in [3.8, 4) is 0 Å². The fraction of sp³-hybridized carbons (Fsp3) is 0.188. The zero-order chi connectivity index (χ0) is 12.8. The van der Waals surface area contributed by atoms with E-state index in [1.54, 1.807) is 0 Å². The summed E-state index contributed by atoms with van der Waals surface area (Å²) in [7, 11) is 2.05. The number of hydrogen-bond acceptors (Lipinski definition) is 1. The van der Waals surface area contributed by atoms with Crippen molar-refractivity contribution in [2.75, 3.05) is 7.05 Å². The second kappa shape index (κ2) is 6.31. The highest BCUT2D eigenvalue weighted by molar-refractivity contribution is 7.80. The molecule has 2 heteroatoms. The molecule has 0 radical (unpaired) electrons. The highest BCUT2D eigenvalue weighted by atomic mass is 32.1. The van der Waals surface area contributed by atoms with Crippen molar-refractivity contribution in [3.63, 3.8) is 0 Å². The number of rotatable bonds is 4. The van der Waals surface area contributed by atoms with Crippen LogP contribution in [0.2, 0.25) is 0 Å². The van der Waals surface area contributed by atoms with Gasteiger partial charge < -0.3 is 4.90 Å². The summed E-state index contributed by atoms with van der Waals surface area (Å²) in [4.78, 5) is 3.11. The van der Waals surface area contributed by atoms with Crippen LogP contribution in [0.25, 0.3) is 0 Å². The Hall–Kier alpha value is -1.67. The quantitative estimate of drug-likeness (QED) is 0.767. The third-order valence-electron chi connectivity index (χ3n) is 2.89. The number of hydrogen-bond donors (Lipinski definition) is 0. The molecule has 0 aromatic heterocycles. The third-order valence-corrected chi connectivity index (χ3v) is 3.34. The molecule has 0 spiro atoms. The molecular weight excluding hydrogens is 238 g/mol. The van der Waals surface area contributed by atoms with E-state index >= 15 is 0 Å². The first-order valence-electron chi connectivity index (χ1n) is 6.07. The van der Waals surface area contributed by atoms with Gasteiger partial charge in [-0.1, -0.05) is 72.9 Å². The molecule has 0 aliphatic heterocycles. The molecule has 0 atom stereocenters. The maximum Gasteiger partial charge on any atom is 0.0824 e. The van der Waals surface area contributed by atoms with Gasteiger partial charge in [0.2, 0.25) is 0 Å². The zero-order valence-corrected chi connectivity index (χ0v) is 11.4. The Balaban J connectivity index is 1.93. The van der Waals surface area contributed by atoms with Gasteiger partial charge in [-0.2, -0.15) is 0 Å². The minimum atomic E-state index is 0.833. The van der Waals surface area contributed by atoms with Crippen molar-refractivity contribution in [1.29, 1.82) is 0 Å². The van der Waals surface area contributed by atoms with Crippen molar-refractivity contribution in [2.45, 2.75) is 13.0 Å². The van der Waals surface area contributed by atoms with Gasteiger partial charge in [0, 0.05) is 20.0 Å². The molecule has 0 aliphatic rings. The van der Waals surface area contributed by atoms with Crippen LogP contribution in [0.5, 0.6) is 0 Å². The van der Waals surface area contributed by atoms with Gasteiger partial charge in [0.15, 0.2) is 0 Å². The molecule has 0 bridgehead atoms. The van der Waals surface area contributed by atoms with Crippen LogP contribution in [0.4, 0.5) is 0 Å². The summed E-state index contributed by atoms with van der Waals surface area (Å²) < 4.78 is 0. The minimum absolute atomic E-state index is 0.833.